The quantitative estimate of drug-likeness (QED) is 0.760. The smallest absolute Gasteiger partial charge is 0.344 e. The third-order valence-corrected chi connectivity index (χ3v) is 3.41. The number of anilines is 1. The summed E-state index contributed by atoms with van der Waals surface area (Å²) in [6.45, 7) is 1.06. The van der Waals surface area contributed by atoms with E-state index in [1.807, 2.05) is 13.0 Å². The normalized spacial score (nSPS) is 10.1. The molecule has 0 fully saturated rings. The zero-order chi connectivity index (χ0) is 17.5. The topological polar surface area (TPSA) is 64.6 Å². The summed E-state index contributed by atoms with van der Waals surface area (Å²) in [7, 11) is 0. The van der Waals surface area contributed by atoms with Crippen molar-refractivity contribution in [1.82, 2.24) is 0 Å². The van der Waals surface area contributed by atoms with E-state index >= 15 is 0 Å². The molecule has 1 N–H and O–H groups in total. The van der Waals surface area contributed by atoms with Gasteiger partial charge in [-0.1, -0.05) is 28.1 Å². The largest absolute Gasteiger partial charge is 0.482 e. The molecule has 5 nitrogen and oxygen atoms in total. The predicted octanol–water partition coefficient (Wildman–Crippen LogP) is 3.46. The Morgan fingerprint density at radius 2 is 1.96 bits per heavy atom. The van der Waals surface area contributed by atoms with Crippen molar-refractivity contribution in [3.63, 3.8) is 0 Å². The molecule has 0 saturated carbocycles. The van der Waals surface area contributed by atoms with Crippen LogP contribution in [-0.4, -0.2) is 25.1 Å². The number of carbonyl (C=O) groups is 2. The van der Waals surface area contributed by atoms with Gasteiger partial charge in [-0.05, 0) is 42.8 Å². The molecule has 0 aliphatic rings. The second-order valence-electron chi connectivity index (χ2n) is 4.94. The first-order chi connectivity index (χ1) is 11.4. The molecule has 1 amide bonds. The average Bonchev–Trinajstić information content (AvgIpc) is 2.54. The highest BCUT2D eigenvalue weighted by atomic mass is 79.9. The minimum Gasteiger partial charge on any atom is -0.482 e. The summed E-state index contributed by atoms with van der Waals surface area (Å²) in [5.74, 6) is -1.39. The van der Waals surface area contributed by atoms with Crippen LogP contribution in [-0.2, 0) is 14.3 Å². The van der Waals surface area contributed by atoms with Crippen LogP contribution in [0.4, 0.5) is 10.1 Å². The highest BCUT2D eigenvalue weighted by Gasteiger charge is 2.11. The molecule has 0 aliphatic carbocycles. The lowest BCUT2D eigenvalue weighted by Gasteiger charge is -2.09. The molecule has 2 rings (SSSR count). The Hall–Kier alpha value is -2.41. The van der Waals surface area contributed by atoms with Crippen molar-refractivity contribution >= 4 is 33.5 Å². The zero-order valence-corrected chi connectivity index (χ0v) is 14.4. The number of amides is 1. The third kappa shape index (κ3) is 5.66. The van der Waals surface area contributed by atoms with E-state index in [2.05, 4.69) is 21.2 Å². The second kappa shape index (κ2) is 8.44. The van der Waals surface area contributed by atoms with E-state index in [-0.39, 0.29) is 12.3 Å². The molecule has 7 heteroatoms. The number of ether oxygens (including phenoxy) is 2. The van der Waals surface area contributed by atoms with Crippen molar-refractivity contribution in [3.8, 4) is 5.75 Å². The number of hydrogen-bond acceptors (Lipinski definition) is 4. The van der Waals surface area contributed by atoms with Gasteiger partial charge in [0.05, 0.1) is 5.69 Å². The number of esters is 1. The van der Waals surface area contributed by atoms with Gasteiger partial charge in [0.15, 0.2) is 13.2 Å². The summed E-state index contributed by atoms with van der Waals surface area (Å²) in [5.41, 5.74) is 1.01. The van der Waals surface area contributed by atoms with E-state index < -0.39 is 24.3 Å². The molecular formula is C17H15BrFNO4. The monoisotopic (exact) mass is 395 g/mol. The first kappa shape index (κ1) is 17.9. The van der Waals surface area contributed by atoms with Crippen molar-refractivity contribution in [2.24, 2.45) is 0 Å². The molecule has 0 aromatic heterocycles. The zero-order valence-electron chi connectivity index (χ0n) is 12.8. The molecule has 0 atom stereocenters. The summed E-state index contributed by atoms with van der Waals surface area (Å²) < 4.78 is 24.2. The van der Waals surface area contributed by atoms with Crippen LogP contribution in [0.5, 0.6) is 5.75 Å². The molecule has 0 unspecified atom stereocenters. The Morgan fingerprint density at radius 1 is 1.17 bits per heavy atom. The van der Waals surface area contributed by atoms with Gasteiger partial charge in [-0.15, -0.1) is 0 Å². The summed E-state index contributed by atoms with van der Waals surface area (Å²) in [6.07, 6.45) is 0. The Morgan fingerprint density at radius 3 is 2.67 bits per heavy atom. The Kier molecular flexibility index (Phi) is 6.31. The van der Waals surface area contributed by atoms with Gasteiger partial charge in [0.25, 0.3) is 5.91 Å². The maximum atomic E-state index is 13.6. The van der Waals surface area contributed by atoms with Crippen LogP contribution < -0.4 is 10.1 Å². The molecule has 0 bridgehead atoms. The third-order valence-electron chi connectivity index (χ3n) is 2.92. The number of aryl methyl sites for hydroxylation is 1. The fraction of sp³-hybridized carbons (Fsp3) is 0.176. The van der Waals surface area contributed by atoms with E-state index in [1.54, 1.807) is 24.3 Å². The van der Waals surface area contributed by atoms with Crippen LogP contribution in [0.2, 0.25) is 0 Å². The highest BCUT2D eigenvalue weighted by Crippen LogP contribution is 2.19. The van der Waals surface area contributed by atoms with Gasteiger partial charge in [-0.3, -0.25) is 4.79 Å². The van der Waals surface area contributed by atoms with E-state index in [9.17, 15) is 14.0 Å². The van der Waals surface area contributed by atoms with E-state index in [0.717, 1.165) is 5.56 Å². The number of rotatable bonds is 6. The standard InChI is InChI=1S/C17H15BrFNO4/c1-11-3-2-4-13(7-11)23-10-17(22)24-9-16(21)20-15-6-5-12(18)8-14(15)19/h2-8H,9-10H2,1H3,(H,20,21). The van der Waals surface area contributed by atoms with Crippen LogP contribution in [0.1, 0.15) is 5.56 Å². The number of nitrogens with one attached hydrogen (secondary N) is 1. The van der Waals surface area contributed by atoms with Crippen molar-refractivity contribution in [2.75, 3.05) is 18.5 Å². The maximum Gasteiger partial charge on any atom is 0.344 e. The Labute approximate surface area is 146 Å². The Balaban J connectivity index is 1.75. The summed E-state index contributed by atoms with van der Waals surface area (Å²) in [5, 5.41) is 2.32. The number of benzene rings is 2. The maximum absolute atomic E-state index is 13.6. The van der Waals surface area contributed by atoms with Crippen molar-refractivity contribution < 1.29 is 23.5 Å². The lowest BCUT2D eigenvalue weighted by molar-refractivity contribution is -0.149. The van der Waals surface area contributed by atoms with E-state index in [1.165, 1.54) is 12.1 Å². The van der Waals surface area contributed by atoms with Crippen molar-refractivity contribution in [1.29, 1.82) is 0 Å². The number of carbonyl (C=O) groups excluding carboxylic acids is 2. The van der Waals surface area contributed by atoms with Crippen LogP contribution in [0.25, 0.3) is 0 Å². The summed E-state index contributed by atoms with van der Waals surface area (Å²) >= 11 is 3.12. The first-order valence-corrected chi connectivity index (χ1v) is 7.83. The lowest BCUT2D eigenvalue weighted by Crippen LogP contribution is -2.24. The van der Waals surface area contributed by atoms with E-state index in [4.69, 9.17) is 9.47 Å². The SMILES string of the molecule is Cc1cccc(OCC(=O)OCC(=O)Nc2ccc(Br)cc2F)c1. The highest BCUT2D eigenvalue weighted by molar-refractivity contribution is 9.10. The minimum absolute atomic E-state index is 0.00950. The molecule has 126 valence electrons. The van der Waals surface area contributed by atoms with Crippen LogP contribution >= 0.6 is 15.9 Å². The first-order valence-electron chi connectivity index (χ1n) is 7.04. The van der Waals surface area contributed by atoms with Crippen LogP contribution in [0, 0.1) is 12.7 Å². The van der Waals surface area contributed by atoms with Gasteiger partial charge in [-0.2, -0.15) is 0 Å². The van der Waals surface area contributed by atoms with Gasteiger partial charge in [0.1, 0.15) is 11.6 Å². The van der Waals surface area contributed by atoms with Gasteiger partial charge in [0.2, 0.25) is 0 Å². The van der Waals surface area contributed by atoms with Gasteiger partial charge in [0, 0.05) is 4.47 Å². The minimum atomic E-state index is -0.692. The van der Waals surface area contributed by atoms with Crippen molar-refractivity contribution in [3.05, 3.63) is 58.3 Å². The van der Waals surface area contributed by atoms with Gasteiger partial charge >= 0.3 is 5.97 Å². The Bertz CT molecular complexity index is 751. The van der Waals surface area contributed by atoms with Crippen molar-refractivity contribution in [2.45, 2.75) is 6.92 Å². The molecule has 0 aliphatic heterocycles. The summed E-state index contributed by atoms with van der Waals surface area (Å²) in [6, 6.07) is 11.4. The molecule has 24 heavy (non-hydrogen) atoms. The molecule has 0 radical (unpaired) electrons. The molecule has 0 heterocycles. The van der Waals surface area contributed by atoms with Crippen LogP contribution in [0.3, 0.4) is 0 Å². The number of halogens is 2. The molecule has 0 saturated heterocycles. The molecule has 2 aromatic rings. The molecular weight excluding hydrogens is 381 g/mol. The fourth-order valence-electron chi connectivity index (χ4n) is 1.81. The lowest BCUT2D eigenvalue weighted by atomic mass is 10.2. The molecule has 0 spiro atoms. The average molecular weight is 396 g/mol. The van der Waals surface area contributed by atoms with Gasteiger partial charge < -0.3 is 14.8 Å². The van der Waals surface area contributed by atoms with E-state index in [0.29, 0.717) is 10.2 Å². The predicted molar refractivity (Wildman–Crippen MR) is 90.4 cm³/mol. The summed E-state index contributed by atoms with van der Waals surface area (Å²) in [4.78, 5) is 23.2. The second-order valence-corrected chi connectivity index (χ2v) is 5.85. The van der Waals surface area contributed by atoms with Gasteiger partial charge in [-0.25, -0.2) is 9.18 Å². The molecule has 2 aromatic carbocycles. The fourth-order valence-corrected chi connectivity index (χ4v) is 2.15. The van der Waals surface area contributed by atoms with Crippen LogP contribution in [0.15, 0.2) is 46.9 Å². The number of hydrogen-bond donors (Lipinski definition) is 1.